The van der Waals surface area contributed by atoms with Crippen LogP contribution in [0.5, 0.6) is 0 Å². The predicted molar refractivity (Wildman–Crippen MR) is 65.7 cm³/mol. The van der Waals surface area contributed by atoms with E-state index in [0.29, 0.717) is 0 Å². The molecule has 0 aliphatic rings. The van der Waals surface area contributed by atoms with Crippen molar-refractivity contribution in [3.8, 4) is 9.88 Å². The first kappa shape index (κ1) is 10.8. The molecule has 0 fully saturated rings. The van der Waals surface area contributed by atoms with Crippen LogP contribution in [0.25, 0.3) is 9.88 Å². The van der Waals surface area contributed by atoms with Crippen molar-refractivity contribution in [3.63, 3.8) is 0 Å². The minimum absolute atomic E-state index is 0.186. The molecule has 0 aliphatic heterocycles. The van der Waals surface area contributed by atoms with Crippen LogP contribution in [0.4, 0.5) is 0 Å². The number of thiazole rings is 1. The molecule has 80 valence electrons. The Labute approximate surface area is 97.2 Å². The molecule has 2 nitrogen and oxygen atoms in total. The SMILES string of the molecule is Cc1ccc(-c2ncc(C(C)CO)s2)s1. The lowest BCUT2D eigenvalue weighted by molar-refractivity contribution is 0.274. The third-order valence-electron chi connectivity index (χ3n) is 2.23. The Bertz CT molecular complexity index is 447. The largest absolute Gasteiger partial charge is 0.396 e. The molecular formula is C11H13NOS2. The van der Waals surface area contributed by atoms with Crippen LogP contribution in [-0.2, 0) is 0 Å². The topological polar surface area (TPSA) is 33.1 Å². The standard InChI is InChI=1S/C11H13NOS2/c1-7(6-13)10-5-12-11(15-10)9-4-3-8(2)14-9/h3-5,7,13H,6H2,1-2H3. The number of thiophene rings is 1. The molecule has 1 atom stereocenters. The van der Waals surface area contributed by atoms with Crippen LogP contribution in [0.3, 0.4) is 0 Å². The Morgan fingerprint density at radius 2 is 2.20 bits per heavy atom. The van der Waals surface area contributed by atoms with E-state index in [0.717, 1.165) is 9.88 Å². The van der Waals surface area contributed by atoms with E-state index in [1.165, 1.54) is 9.75 Å². The van der Waals surface area contributed by atoms with Gasteiger partial charge in [0, 0.05) is 21.9 Å². The second kappa shape index (κ2) is 4.43. The quantitative estimate of drug-likeness (QED) is 0.891. The van der Waals surface area contributed by atoms with Gasteiger partial charge in [-0.15, -0.1) is 22.7 Å². The lowest BCUT2D eigenvalue weighted by Gasteiger charge is -2.01. The number of hydrogen-bond acceptors (Lipinski definition) is 4. The number of hydrogen-bond donors (Lipinski definition) is 1. The zero-order chi connectivity index (χ0) is 10.8. The zero-order valence-corrected chi connectivity index (χ0v) is 10.4. The molecule has 4 heteroatoms. The molecule has 0 amide bonds. The van der Waals surface area contributed by atoms with E-state index in [2.05, 4.69) is 24.0 Å². The van der Waals surface area contributed by atoms with Gasteiger partial charge in [0.05, 0.1) is 11.5 Å². The summed E-state index contributed by atoms with van der Waals surface area (Å²) >= 11 is 3.43. The second-order valence-electron chi connectivity index (χ2n) is 3.56. The fourth-order valence-electron chi connectivity index (χ4n) is 1.27. The number of rotatable bonds is 3. The van der Waals surface area contributed by atoms with E-state index in [9.17, 15) is 0 Å². The minimum atomic E-state index is 0.186. The molecule has 2 aromatic heterocycles. The average Bonchev–Trinajstić information content (AvgIpc) is 2.84. The number of aryl methyl sites for hydroxylation is 1. The van der Waals surface area contributed by atoms with Crippen molar-refractivity contribution < 1.29 is 5.11 Å². The van der Waals surface area contributed by atoms with E-state index in [1.54, 1.807) is 22.7 Å². The van der Waals surface area contributed by atoms with E-state index in [-0.39, 0.29) is 12.5 Å². The van der Waals surface area contributed by atoms with Gasteiger partial charge in [0.2, 0.25) is 0 Å². The van der Waals surface area contributed by atoms with Crippen LogP contribution in [0.1, 0.15) is 22.6 Å². The molecule has 2 rings (SSSR count). The summed E-state index contributed by atoms with van der Waals surface area (Å²) in [4.78, 5) is 8.06. The van der Waals surface area contributed by atoms with E-state index >= 15 is 0 Å². The highest BCUT2D eigenvalue weighted by molar-refractivity contribution is 7.21. The van der Waals surface area contributed by atoms with Crippen molar-refractivity contribution in [2.75, 3.05) is 6.61 Å². The lowest BCUT2D eigenvalue weighted by Crippen LogP contribution is -1.94. The molecule has 2 aromatic rings. The number of nitrogens with zero attached hydrogens (tertiary/aromatic N) is 1. The summed E-state index contributed by atoms with van der Waals surface area (Å²) in [6.07, 6.45) is 1.87. The molecule has 0 aromatic carbocycles. The molecule has 0 saturated heterocycles. The number of aliphatic hydroxyl groups is 1. The average molecular weight is 239 g/mol. The van der Waals surface area contributed by atoms with Crippen molar-refractivity contribution in [1.82, 2.24) is 4.98 Å². The van der Waals surface area contributed by atoms with Crippen LogP contribution < -0.4 is 0 Å². The van der Waals surface area contributed by atoms with Gasteiger partial charge in [-0.1, -0.05) is 6.92 Å². The zero-order valence-electron chi connectivity index (χ0n) is 8.73. The molecule has 0 bridgehead atoms. The van der Waals surface area contributed by atoms with Crippen molar-refractivity contribution >= 4 is 22.7 Å². The molecular weight excluding hydrogens is 226 g/mol. The molecule has 1 N–H and O–H groups in total. The monoisotopic (exact) mass is 239 g/mol. The second-order valence-corrected chi connectivity index (χ2v) is 5.91. The van der Waals surface area contributed by atoms with Crippen LogP contribution in [0.2, 0.25) is 0 Å². The Morgan fingerprint density at radius 3 is 2.80 bits per heavy atom. The van der Waals surface area contributed by atoms with Gasteiger partial charge in [0.15, 0.2) is 0 Å². The first-order chi connectivity index (χ1) is 7.20. The first-order valence-corrected chi connectivity index (χ1v) is 6.47. The van der Waals surface area contributed by atoms with Gasteiger partial charge in [-0.2, -0.15) is 0 Å². The first-order valence-electron chi connectivity index (χ1n) is 4.84. The van der Waals surface area contributed by atoms with Gasteiger partial charge >= 0.3 is 0 Å². The summed E-state index contributed by atoms with van der Waals surface area (Å²) in [5, 5.41) is 10.1. The van der Waals surface area contributed by atoms with Crippen LogP contribution in [-0.4, -0.2) is 16.7 Å². The maximum Gasteiger partial charge on any atom is 0.133 e. The molecule has 2 heterocycles. The van der Waals surface area contributed by atoms with Gasteiger partial charge in [-0.05, 0) is 19.1 Å². The smallest absolute Gasteiger partial charge is 0.133 e. The van der Waals surface area contributed by atoms with Crippen molar-refractivity contribution in [2.45, 2.75) is 19.8 Å². The van der Waals surface area contributed by atoms with E-state index in [1.807, 2.05) is 13.1 Å². The van der Waals surface area contributed by atoms with Crippen molar-refractivity contribution in [2.24, 2.45) is 0 Å². The van der Waals surface area contributed by atoms with Crippen LogP contribution in [0, 0.1) is 6.92 Å². The van der Waals surface area contributed by atoms with Gasteiger partial charge in [0.1, 0.15) is 5.01 Å². The number of aromatic nitrogens is 1. The highest BCUT2D eigenvalue weighted by atomic mass is 32.1. The summed E-state index contributed by atoms with van der Waals surface area (Å²) in [6, 6.07) is 4.21. The van der Waals surface area contributed by atoms with Gasteiger partial charge in [-0.3, -0.25) is 0 Å². The van der Waals surface area contributed by atoms with Gasteiger partial charge in [0.25, 0.3) is 0 Å². The minimum Gasteiger partial charge on any atom is -0.396 e. The molecule has 0 spiro atoms. The van der Waals surface area contributed by atoms with Gasteiger partial charge in [-0.25, -0.2) is 4.98 Å². The summed E-state index contributed by atoms with van der Waals surface area (Å²) in [7, 11) is 0. The fourth-order valence-corrected chi connectivity index (χ4v) is 3.16. The molecule has 1 unspecified atom stereocenters. The summed E-state index contributed by atoms with van der Waals surface area (Å²) in [5.41, 5.74) is 0. The third kappa shape index (κ3) is 2.27. The van der Waals surface area contributed by atoms with Crippen molar-refractivity contribution in [3.05, 3.63) is 28.1 Å². The van der Waals surface area contributed by atoms with Crippen molar-refractivity contribution in [1.29, 1.82) is 0 Å². The Balaban J connectivity index is 2.27. The highest BCUT2D eigenvalue weighted by Gasteiger charge is 2.10. The number of aliphatic hydroxyl groups excluding tert-OH is 1. The maximum atomic E-state index is 9.05. The van der Waals surface area contributed by atoms with Crippen LogP contribution in [0.15, 0.2) is 18.3 Å². The molecule has 0 aliphatic carbocycles. The van der Waals surface area contributed by atoms with Gasteiger partial charge < -0.3 is 5.11 Å². The third-order valence-corrected chi connectivity index (χ3v) is 4.63. The normalized spacial score (nSPS) is 13.0. The highest BCUT2D eigenvalue weighted by Crippen LogP contribution is 2.33. The Kier molecular flexibility index (Phi) is 3.19. The Hall–Kier alpha value is -0.710. The molecule has 15 heavy (non-hydrogen) atoms. The van der Waals surface area contributed by atoms with E-state index in [4.69, 9.17) is 5.11 Å². The van der Waals surface area contributed by atoms with E-state index < -0.39 is 0 Å². The molecule has 0 saturated carbocycles. The van der Waals surface area contributed by atoms with Crippen LogP contribution >= 0.6 is 22.7 Å². The summed E-state index contributed by atoms with van der Waals surface area (Å²) < 4.78 is 0. The molecule has 0 radical (unpaired) electrons. The summed E-state index contributed by atoms with van der Waals surface area (Å²) in [6.45, 7) is 4.29. The summed E-state index contributed by atoms with van der Waals surface area (Å²) in [5.74, 6) is 0.192. The lowest BCUT2D eigenvalue weighted by atomic mass is 10.2. The maximum absolute atomic E-state index is 9.05. The Morgan fingerprint density at radius 1 is 1.40 bits per heavy atom. The fraction of sp³-hybridized carbons (Fsp3) is 0.364. The predicted octanol–water partition coefficient (Wildman–Crippen LogP) is 3.28.